The molecule has 7 heteroatoms. The van der Waals surface area contributed by atoms with Crippen molar-refractivity contribution in [2.75, 3.05) is 39.3 Å². The van der Waals surface area contributed by atoms with E-state index in [0.717, 1.165) is 57.9 Å². The molecular formula is C19H35IN4O2. The van der Waals surface area contributed by atoms with Gasteiger partial charge < -0.3 is 20.6 Å². The number of hydrogen-bond donors (Lipinski definition) is 3. The SMILES string of the molecule is CCNC(=NCC1(CCO)CCCC1)N1CCCC2(CNC(=O)C2)C1.I. The van der Waals surface area contributed by atoms with Gasteiger partial charge in [0.2, 0.25) is 5.91 Å². The number of hydrogen-bond acceptors (Lipinski definition) is 3. The molecule has 0 aromatic heterocycles. The predicted molar refractivity (Wildman–Crippen MR) is 115 cm³/mol. The lowest BCUT2D eigenvalue weighted by atomic mass is 9.79. The van der Waals surface area contributed by atoms with Crippen LogP contribution in [0.2, 0.25) is 0 Å². The predicted octanol–water partition coefficient (Wildman–Crippen LogP) is 2.11. The van der Waals surface area contributed by atoms with Crippen LogP contribution in [0.15, 0.2) is 4.99 Å². The third-order valence-electron chi connectivity index (χ3n) is 6.36. The fourth-order valence-corrected chi connectivity index (χ4v) is 4.95. The van der Waals surface area contributed by atoms with Crippen molar-refractivity contribution in [1.82, 2.24) is 15.5 Å². The molecule has 3 rings (SSSR count). The summed E-state index contributed by atoms with van der Waals surface area (Å²) in [6.45, 7) is 6.74. The van der Waals surface area contributed by atoms with Crippen LogP contribution >= 0.6 is 24.0 Å². The molecule has 2 saturated heterocycles. The Balaban J connectivity index is 0.00000243. The third-order valence-corrected chi connectivity index (χ3v) is 6.36. The summed E-state index contributed by atoms with van der Waals surface area (Å²) in [5.74, 6) is 1.18. The molecule has 1 amide bonds. The van der Waals surface area contributed by atoms with E-state index >= 15 is 0 Å². The Bertz CT molecular complexity index is 508. The second-order valence-corrected chi connectivity index (χ2v) is 8.33. The highest BCUT2D eigenvalue weighted by atomic mass is 127. The Morgan fingerprint density at radius 2 is 2.08 bits per heavy atom. The van der Waals surface area contributed by atoms with E-state index in [1.165, 1.54) is 25.7 Å². The lowest BCUT2D eigenvalue weighted by molar-refractivity contribution is -0.119. The Labute approximate surface area is 174 Å². The minimum absolute atomic E-state index is 0. The van der Waals surface area contributed by atoms with Gasteiger partial charge in [0.05, 0.1) is 0 Å². The molecule has 3 aliphatic rings. The first-order valence-electron chi connectivity index (χ1n) is 10.0. The van der Waals surface area contributed by atoms with Crippen molar-refractivity contribution in [3.63, 3.8) is 0 Å². The summed E-state index contributed by atoms with van der Waals surface area (Å²) in [5, 5.41) is 15.9. The highest BCUT2D eigenvalue weighted by Crippen LogP contribution is 2.41. The lowest BCUT2D eigenvalue weighted by Crippen LogP contribution is -2.51. The fraction of sp³-hybridized carbons (Fsp3) is 0.895. The molecule has 3 N–H and O–H groups in total. The van der Waals surface area contributed by atoms with E-state index in [1.54, 1.807) is 0 Å². The lowest BCUT2D eigenvalue weighted by Gasteiger charge is -2.41. The van der Waals surface area contributed by atoms with Crippen LogP contribution in [0.4, 0.5) is 0 Å². The number of nitrogens with zero attached hydrogens (tertiary/aromatic N) is 2. The molecule has 1 spiro atoms. The van der Waals surface area contributed by atoms with Crippen LogP contribution in [0.5, 0.6) is 0 Å². The molecule has 2 aliphatic heterocycles. The van der Waals surface area contributed by atoms with Gasteiger partial charge in [-0.05, 0) is 44.4 Å². The molecule has 1 unspecified atom stereocenters. The van der Waals surface area contributed by atoms with Gasteiger partial charge in [-0.1, -0.05) is 12.8 Å². The van der Waals surface area contributed by atoms with E-state index < -0.39 is 0 Å². The zero-order chi connectivity index (χ0) is 17.8. The molecule has 3 fully saturated rings. The molecule has 26 heavy (non-hydrogen) atoms. The number of amides is 1. The van der Waals surface area contributed by atoms with Gasteiger partial charge in [0.1, 0.15) is 0 Å². The maximum Gasteiger partial charge on any atom is 0.220 e. The number of likely N-dealkylation sites (tertiary alicyclic amines) is 1. The second-order valence-electron chi connectivity index (χ2n) is 8.33. The van der Waals surface area contributed by atoms with Crippen molar-refractivity contribution in [3.05, 3.63) is 0 Å². The largest absolute Gasteiger partial charge is 0.396 e. The second kappa shape index (κ2) is 9.57. The molecule has 0 radical (unpaired) electrons. The van der Waals surface area contributed by atoms with Gasteiger partial charge in [-0.15, -0.1) is 24.0 Å². The quantitative estimate of drug-likeness (QED) is 0.322. The summed E-state index contributed by atoms with van der Waals surface area (Å²) in [4.78, 5) is 19.1. The maximum atomic E-state index is 11.7. The van der Waals surface area contributed by atoms with Crippen molar-refractivity contribution < 1.29 is 9.90 Å². The summed E-state index contributed by atoms with van der Waals surface area (Å²) in [7, 11) is 0. The molecule has 1 saturated carbocycles. The number of guanidine groups is 1. The number of aliphatic hydroxyl groups excluding tert-OH is 1. The van der Waals surface area contributed by atoms with Gasteiger partial charge >= 0.3 is 0 Å². The van der Waals surface area contributed by atoms with Gasteiger partial charge in [-0.2, -0.15) is 0 Å². The van der Waals surface area contributed by atoms with E-state index in [4.69, 9.17) is 4.99 Å². The number of piperidine rings is 1. The standard InChI is InChI=1S/C19H34N4O2.HI/c1-2-20-17(22-13-18(9-11-24)6-3-4-7-18)23-10-5-8-19(15-23)12-16(25)21-14-19;/h24H,2-15H2,1H3,(H,20,22)(H,21,25);1H. The van der Waals surface area contributed by atoms with Crippen LogP contribution < -0.4 is 10.6 Å². The van der Waals surface area contributed by atoms with Crippen LogP contribution in [0.25, 0.3) is 0 Å². The number of aliphatic imine (C=N–C) groups is 1. The molecule has 1 aliphatic carbocycles. The van der Waals surface area contributed by atoms with Gasteiger partial charge in [-0.3, -0.25) is 9.79 Å². The number of aliphatic hydroxyl groups is 1. The van der Waals surface area contributed by atoms with Gasteiger partial charge in [0.15, 0.2) is 5.96 Å². The van der Waals surface area contributed by atoms with E-state index in [-0.39, 0.29) is 47.3 Å². The third kappa shape index (κ3) is 5.03. The summed E-state index contributed by atoms with van der Waals surface area (Å²) in [6.07, 6.45) is 8.61. The maximum absolute atomic E-state index is 11.7. The zero-order valence-corrected chi connectivity index (χ0v) is 18.4. The first kappa shape index (κ1) is 21.7. The van der Waals surface area contributed by atoms with E-state index in [2.05, 4.69) is 22.5 Å². The number of nitrogens with one attached hydrogen (secondary N) is 2. The molecule has 0 aromatic rings. The zero-order valence-electron chi connectivity index (χ0n) is 16.1. The van der Waals surface area contributed by atoms with Crippen LogP contribution in [-0.4, -0.2) is 61.2 Å². The molecular weight excluding hydrogens is 443 g/mol. The van der Waals surface area contributed by atoms with E-state index in [1.807, 2.05) is 0 Å². The summed E-state index contributed by atoms with van der Waals surface area (Å²) in [5.41, 5.74) is 0.273. The van der Waals surface area contributed by atoms with Crippen molar-refractivity contribution in [2.45, 2.75) is 58.3 Å². The first-order valence-corrected chi connectivity index (χ1v) is 10.0. The summed E-state index contributed by atoms with van der Waals surface area (Å²) < 4.78 is 0. The summed E-state index contributed by atoms with van der Waals surface area (Å²) >= 11 is 0. The fourth-order valence-electron chi connectivity index (χ4n) is 4.95. The highest BCUT2D eigenvalue weighted by Gasteiger charge is 2.42. The normalized spacial score (nSPS) is 28.2. The minimum atomic E-state index is 0. The van der Waals surface area contributed by atoms with Crippen molar-refractivity contribution in [1.29, 1.82) is 0 Å². The topological polar surface area (TPSA) is 77.0 Å². The highest BCUT2D eigenvalue weighted by molar-refractivity contribution is 14.0. The van der Waals surface area contributed by atoms with Crippen LogP contribution in [0.3, 0.4) is 0 Å². The molecule has 150 valence electrons. The number of carbonyl (C=O) groups excluding carboxylic acids is 1. The summed E-state index contributed by atoms with van der Waals surface area (Å²) in [6, 6.07) is 0. The van der Waals surface area contributed by atoms with Gasteiger partial charge in [0, 0.05) is 51.2 Å². The Hall–Kier alpha value is -0.570. The molecule has 2 heterocycles. The van der Waals surface area contributed by atoms with Crippen LogP contribution in [-0.2, 0) is 4.79 Å². The minimum Gasteiger partial charge on any atom is -0.396 e. The first-order chi connectivity index (χ1) is 12.1. The van der Waals surface area contributed by atoms with Crippen molar-refractivity contribution in [3.8, 4) is 0 Å². The van der Waals surface area contributed by atoms with Crippen molar-refractivity contribution in [2.24, 2.45) is 15.8 Å². The van der Waals surface area contributed by atoms with Crippen LogP contribution in [0.1, 0.15) is 58.3 Å². The van der Waals surface area contributed by atoms with Gasteiger partial charge in [-0.25, -0.2) is 0 Å². The monoisotopic (exact) mass is 478 g/mol. The van der Waals surface area contributed by atoms with E-state index in [9.17, 15) is 9.90 Å². The van der Waals surface area contributed by atoms with Crippen molar-refractivity contribution >= 4 is 35.8 Å². The number of carbonyl (C=O) groups is 1. The van der Waals surface area contributed by atoms with Crippen LogP contribution in [0, 0.1) is 10.8 Å². The molecule has 0 aromatic carbocycles. The average molecular weight is 478 g/mol. The Morgan fingerprint density at radius 3 is 2.69 bits per heavy atom. The van der Waals surface area contributed by atoms with Gasteiger partial charge in [0.25, 0.3) is 0 Å². The number of halogens is 1. The Kier molecular flexibility index (Phi) is 8.00. The molecule has 6 nitrogen and oxygen atoms in total. The smallest absolute Gasteiger partial charge is 0.220 e. The average Bonchev–Trinajstić information content (AvgIpc) is 3.20. The number of rotatable bonds is 5. The van der Waals surface area contributed by atoms with E-state index in [0.29, 0.717) is 6.42 Å². The molecule has 1 atom stereocenters. The molecule has 0 bridgehead atoms. The Morgan fingerprint density at radius 1 is 1.31 bits per heavy atom.